The molecule has 0 aromatic rings. The smallest absolute Gasteiger partial charge is 0.306 e. The molecule has 0 saturated carbocycles. The predicted molar refractivity (Wildman–Crippen MR) is 15.3 cm³/mol. The van der Waals surface area contributed by atoms with E-state index in [2.05, 4.69) is 0 Å². The van der Waals surface area contributed by atoms with Crippen LogP contribution in [0.1, 0.15) is 0 Å². The molecule has 0 aliphatic heterocycles. The summed E-state index contributed by atoms with van der Waals surface area (Å²) in [5.41, 5.74) is 0. The van der Waals surface area contributed by atoms with Gasteiger partial charge in [-0.15, -0.1) is 0 Å². The van der Waals surface area contributed by atoms with Gasteiger partial charge in [0.25, 0.3) is 0 Å². The van der Waals surface area contributed by atoms with Crippen LogP contribution in [0.5, 0.6) is 0 Å². The molecule has 0 fully saturated rings. The summed E-state index contributed by atoms with van der Waals surface area (Å²) in [6.45, 7) is 0. The molecule has 0 N–H and O–H groups in total. The van der Waals surface area contributed by atoms with E-state index in [-0.39, 0.29) is 0 Å². The van der Waals surface area contributed by atoms with Crippen LogP contribution in [-0.2, 0) is 0 Å². The molecule has 6 heteroatoms. The number of halogens is 5. The SMILES string of the molecule is [O-]C(F)(F)C(F)=C(F)F. The van der Waals surface area contributed by atoms with Gasteiger partial charge < -0.3 is 5.11 Å². The second kappa shape index (κ2) is 2.30. The quantitative estimate of drug-likeness (QED) is 0.507. The molecule has 0 atom stereocenters. The van der Waals surface area contributed by atoms with Gasteiger partial charge in [0.2, 0.25) is 11.9 Å². The largest absolute Gasteiger partial charge is 0.792 e. The average molecular weight is 147 g/mol. The van der Waals surface area contributed by atoms with Gasteiger partial charge in [0.1, 0.15) is 0 Å². The first-order chi connectivity index (χ1) is 3.85. The molecule has 0 radical (unpaired) electrons. The van der Waals surface area contributed by atoms with Crippen molar-refractivity contribution in [3.8, 4) is 0 Å². The Hall–Kier alpha value is -0.650. The summed E-state index contributed by atoms with van der Waals surface area (Å²) >= 11 is 0. The highest BCUT2D eigenvalue weighted by molar-refractivity contribution is 4.97. The van der Waals surface area contributed by atoms with Crippen molar-refractivity contribution in [1.29, 1.82) is 0 Å². The highest BCUT2D eigenvalue weighted by Crippen LogP contribution is 2.22. The molecule has 0 heterocycles. The molecule has 0 spiro atoms. The van der Waals surface area contributed by atoms with Crippen LogP contribution in [0.2, 0.25) is 0 Å². The van der Waals surface area contributed by atoms with Gasteiger partial charge in [-0.3, -0.25) is 0 Å². The van der Waals surface area contributed by atoms with Crippen LogP contribution in [0.15, 0.2) is 11.9 Å². The van der Waals surface area contributed by atoms with E-state index in [0.29, 0.717) is 0 Å². The topological polar surface area (TPSA) is 23.1 Å². The summed E-state index contributed by atoms with van der Waals surface area (Å²) < 4.78 is 54.4. The summed E-state index contributed by atoms with van der Waals surface area (Å²) in [4.78, 5) is 0. The Labute approximate surface area is 46.4 Å². The van der Waals surface area contributed by atoms with Gasteiger partial charge in [-0.2, -0.15) is 8.78 Å². The van der Waals surface area contributed by atoms with E-state index in [9.17, 15) is 22.0 Å². The van der Waals surface area contributed by atoms with Crippen molar-refractivity contribution in [2.24, 2.45) is 0 Å². The van der Waals surface area contributed by atoms with Crippen molar-refractivity contribution in [2.45, 2.75) is 6.11 Å². The van der Waals surface area contributed by atoms with Crippen molar-refractivity contribution >= 4 is 0 Å². The molecule has 0 aromatic heterocycles. The molecule has 0 aliphatic rings. The number of hydrogen-bond acceptors (Lipinski definition) is 1. The molecular weight excluding hydrogens is 147 g/mol. The van der Waals surface area contributed by atoms with Gasteiger partial charge in [-0.05, 0) is 0 Å². The van der Waals surface area contributed by atoms with Crippen LogP contribution in [0.4, 0.5) is 22.0 Å². The van der Waals surface area contributed by atoms with Crippen molar-refractivity contribution in [1.82, 2.24) is 0 Å². The fourth-order valence-corrected chi connectivity index (χ4v) is 0.110. The van der Waals surface area contributed by atoms with E-state index in [0.717, 1.165) is 0 Å². The average Bonchev–Trinajstić information content (AvgIpc) is 1.62. The highest BCUT2D eigenvalue weighted by Gasteiger charge is 2.25. The minimum absolute atomic E-state index is 3.22. The van der Waals surface area contributed by atoms with Gasteiger partial charge in [-0.1, -0.05) is 0 Å². The fourth-order valence-electron chi connectivity index (χ4n) is 0.110. The Morgan fingerprint density at radius 1 is 1.11 bits per heavy atom. The lowest BCUT2D eigenvalue weighted by Gasteiger charge is -2.16. The lowest BCUT2D eigenvalue weighted by atomic mass is 10.5. The molecule has 0 amide bonds. The van der Waals surface area contributed by atoms with E-state index >= 15 is 0 Å². The molecule has 9 heavy (non-hydrogen) atoms. The summed E-state index contributed by atoms with van der Waals surface area (Å²) in [6, 6.07) is 0. The fraction of sp³-hybridized carbons (Fsp3) is 0.333. The molecule has 0 aromatic carbocycles. The first-order valence-electron chi connectivity index (χ1n) is 1.65. The molecule has 0 aliphatic carbocycles. The van der Waals surface area contributed by atoms with E-state index in [1.165, 1.54) is 0 Å². The minimum atomic E-state index is -5.31. The molecular formula is C3F5O-. The Morgan fingerprint density at radius 2 is 1.44 bits per heavy atom. The zero-order chi connectivity index (χ0) is 7.65. The third kappa shape index (κ3) is 2.41. The summed E-state index contributed by atoms with van der Waals surface area (Å²) in [5, 5.41) is 9.00. The van der Waals surface area contributed by atoms with E-state index in [4.69, 9.17) is 5.11 Å². The zero-order valence-electron chi connectivity index (χ0n) is 3.80. The standard InChI is InChI=1S/C3F5O/c4-1(2(5)6)3(7,8)9/q-1. The Bertz CT molecular complexity index is 130. The van der Waals surface area contributed by atoms with Crippen LogP contribution in [-0.4, -0.2) is 6.11 Å². The first-order valence-corrected chi connectivity index (χ1v) is 1.65. The third-order valence-electron chi connectivity index (χ3n) is 0.421. The number of rotatable bonds is 1. The maximum Gasteiger partial charge on any atom is 0.306 e. The van der Waals surface area contributed by atoms with Crippen LogP contribution < -0.4 is 5.11 Å². The molecule has 0 saturated heterocycles. The summed E-state index contributed by atoms with van der Waals surface area (Å²) in [5.74, 6) is -3.22. The monoisotopic (exact) mass is 147 g/mol. The maximum absolute atomic E-state index is 11.1. The summed E-state index contributed by atoms with van der Waals surface area (Å²) in [7, 11) is 0. The molecule has 0 rings (SSSR count). The van der Waals surface area contributed by atoms with Crippen molar-refractivity contribution in [3.63, 3.8) is 0 Å². The third-order valence-corrected chi connectivity index (χ3v) is 0.421. The van der Waals surface area contributed by atoms with Crippen molar-refractivity contribution < 1.29 is 27.1 Å². The lowest BCUT2D eigenvalue weighted by Crippen LogP contribution is -2.34. The normalized spacial score (nSPS) is 11.3. The molecule has 0 bridgehead atoms. The second-order valence-electron chi connectivity index (χ2n) is 1.09. The Balaban J connectivity index is 4.40. The Morgan fingerprint density at radius 3 is 1.44 bits per heavy atom. The Kier molecular flexibility index (Phi) is 2.13. The van der Waals surface area contributed by atoms with Crippen molar-refractivity contribution in [2.75, 3.05) is 0 Å². The number of hydrogen-bond donors (Lipinski definition) is 0. The number of alkyl halides is 2. The van der Waals surface area contributed by atoms with Gasteiger partial charge in [0.05, 0.1) is 0 Å². The van der Waals surface area contributed by atoms with E-state index < -0.39 is 18.0 Å². The first kappa shape index (κ1) is 8.35. The van der Waals surface area contributed by atoms with E-state index in [1.807, 2.05) is 0 Å². The van der Waals surface area contributed by atoms with Crippen LogP contribution in [0.3, 0.4) is 0 Å². The second-order valence-corrected chi connectivity index (χ2v) is 1.09. The van der Waals surface area contributed by atoms with Crippen LogP contribution in [0, 0.1) is 0 Å². The van der Waals surface area contributed by atoms with Crippen LogP contribution >= 0.6 is 0 Å². The minimum Gasteiger partial charge on any atom is -0.792 e. The van der Waals surface area contributed by atoms with Crippen molar-refractivity contribution in [3.05, 3.63) is 11.9 Å². The molecule has 1 nitrogen and oxygen atoms in total. The zero-order valence-corrected chi connectivity index (χ0v) is 3.80. The van der Waals surface area contributed by atoms with E-state index in [1.54, 1.807) is 0 Å². The van der Waals surface area contributed by atoms with Gasteiger partial charge in [0.15, 0.2) is 0 Å². The summed E-state index contributed by atoms with van der Waals surface area (Å²) in [6.07, 6.45) is -8.59. The lowest BCUT2D eigenvalue weighted by molar-refractivity contribution is -0.558. The van der Waals surface area contributed by atoms with Gasteiger partial charge in [-0.25, -0.2) is 13.2 Å². The van der Waals surface area contributed by atoms with Crippen LogP contribution in [0.25, 0.3) is 0 Å². The van der Waals surface area contributed by atoms with Gasteiger partial charge >= 0.3 is 6.08 Å². The van der Waals surface area contributed by atoms with Gasteiger partial charge in [0, 0.05) is 0 Å². The molecule has 54 valence electrons. The highest BCUT2D eigenvalue weighted by atomic mass is 19.3. The molecule has 0 unspecified atom stereocenters. The maximum atomic E-state index is 11.1. The predicted octanol–water partition coefficient (Wildman–Crippen LogP) is 1.02.